The van der Waals surface area contributed by atoms with Gasteiger partial charge in [0.25, 0.3) is 5.89 Å². The summed E-state index contributed by atoms with van der Waals surface area (Å²) < 4.78 is 24.5. The summed E-state index contributed by atoms with van der Waals surface area (Å²) in [5.74, 6) is 1.48. The molecule has 8 heteroatoms. The zero-order valence-corrected chi connectivity index (χ0v) is 16.0. The van der Waals surface area contributed by atoms with Crippen molar-refractivity contribution in [2.45, 2.75) is 39.7 Å². The lowest BCUT2D eigenvalue weighted by atomic mass is 10.1. The number of hydrogen-bond acceptors (Lipinski definition) is 7. The number of halogens is 1. The fraction of sp³-hybridized carbons (Fsp3) is 0.400. The number of benzene rings is 1. The van der Waals surface area contributed by atoms with Crippen molar-refractivity contribution in [3.63, 3.8) is 0 Å². The number of anilines is 1. The number of aryl methyl sites for hydroxylation is 1. The third-order valence-corrected chi connectivity index (χ3v) is 4.85. The van der Waals surface area contributed by atoms with E-state index in [4.69, 9.17) is 9.26 Å². The first kappa shape index (κ1) is 18.3. The fourth-order valence-electron chi connectivity index (χ4n) is 3.15. The van der Waals surface area contributed by atoms with Crippen LogP contribution in [0.5, 0.6) is 5.88 Å². The molecular formula is C20H22FN5O2. The third kappa shape index (κ3) is 3.95. The van der Waals surface area contributed by atoms with E-state index in [2.05, 4.69) is 25.0 Å². The predicted octanol–water partition coefficient (Wildman–Crippen LogP) is 3.85. The van der Waals surface area contributed by atoms with Crippen molar-refractivity contribution in [1.82, 2.24) is 20.1 Å². The van der Waals surface area contributed by atoms with Crippen LogP contribution in [-0.2, 0) is 6.61 Å². The molecule has 0 amide bonds. The van der Waals surface area contributed by atoms with Crippen LogP contribution in [0.25, 0.3) is 11.4 Å². The number of ether oxygens (including phenoxy) is 1. The molecule has 0 aliphatic carbocycles. The van der Waals surface area contributed by atoms with E-state index >= 15 is 0 Å². The Hall–Kier alpha value is -3.03. The molecule has 146 valence electrons. The molecule has 0 unspecified atom stereocenters. The van der Waals surface area contributed by atoms with E-state index in [0.717, 1.165) is 37.2 Å². The average Bonchev–Trinajstić information content (AvgIpc) is 3.19. The van der Waals surface area contributed by atoms with Gasteiger partial charge in [0.05, 0.1) is 0 Å². The lowest BCUT2D eigenvalue weighted by molar-refractivity contribution is 0.233. The van der Waals surface area contributed by atoms with Crippen LogP contribution in [0.3, 0.4) is 0 Å². The fourth-order valence-corrected chi connectivity index (χ4v) is 3.15. The maximum atomic E-state index is 13.4. The summed E-state index contributed by atoms with van der Waals surface area (Å²) in [6.07, 6.45) is 3.55. The summed E-state index contributed by atoms with van der Waals surface area (Å²) in [4.78, 5) is 15.7. The Balaban J connectivity index is 1.49. The average molecular weight is 383 g/mol. The van der Waals surface area contributed by atoms with E-state index < -0.39 is 0 Å². The van der Waals surface area contributed by atoms with Crippen LogP contribution >= 0.6 is 0 Å². The Labute approximate surface area is 162 Å². The molecule has 1 aliphatic rings. The minimum Gasteiger partial charge on any atom is -0.467 e. The van der Waals surface area contributed by atoms with E-state index in [1.807, 2.05) is 13.8 Å². The number of piperidine rings is 1. The molecule has 0 bridgehead atoms. The molecule has 1 aliphatic heterocycles. The monoisotopic (exact) mass is 383 g/mol. The van der Waals surface area contributed by atoms with Gasteiger partial charge in [-0.2, -0.15) is 9.97 Å². The van der Waals surface area contributed by atoms with Crippen LogP contribution in [-0.4, -0.2) is 33.2 Å². The van der Waals surface area contributed by atoms with E-state index in [1.165, 1.54) is 18.6 Å². The SMILES string of the molecule is Cc1nc(N2CCCCC2)nc(OCc2nc(-c3cccc(F)c3)no2)c1C. The summed E-state index contributed by atoms with van der Waals surface area (Å²) in [5.41, 5.74) is 2.32. The molecule has 0 atom stereocenters. The van der Waals surface area contributed by atoms with Crippen molar-refractivity contribution in [3.05, 3.63) is 47.2 Å². The number of nitrogens with zero attached hydrogens (tertiary/aromatic N) is 5. The van der Waals surface area contributed by atoms with Gasteiger partial charge in [0.2, 0.25) is 17.7 Å². The Morgan fingerprint density at radius 1 is 1.11 bits per heavy atom. The normalized spacial score (nSPS) is 14.3. The zero-order chi connectivity index (χ0) is 19.5. The van der Waals surface area contributed by atoms with E-state index in [9.17, 15) is 4.39 Å². The molecule has 0 N–H and O–H groups in total. The smallest absolute Gasteiger partial charge is 0.264 e. The lowest BCUT2D eigenvalue weighted by Crippen LogP contribution is -2.31. The molecule has 1 saturated heterocycles. The van der Waals surface area contributed by atoms with Crippen LogP contribution < -0.4 is 9.64 Å². The van der Waals surface area contributed by atoms with E-state index in [-0.39, 0.29) is 12.4 Å². The zero-order valence-electron chi connectivity index (χ0n) is 16.0. The number of rotatable bonds is 5. The first-order chi connectivity index (χ1) is 13.6. The van der Waals surface area contributed by atoms with Gasteiger partial charge in [0.15, 0.2) is 6.61 Å². The van der Waals surface area contributed by atoms with Crippen LogP contribution in [0.15, 0.2) is 28.8 Å². The number of hydrogen-bond donors (Lipinski definition) is 0. The van der Waals surface area contributed by atoms with Crippen molar-refractivity contribution in [1.29, 1.82) is 0 Å². The Morgan fingerprint density at radius 2 is 1.93 bits per heavy atom. The topological polar surface area (TPSA) is 77.2 Å². The second-order valence-corrected chi connectivity index (χ2v) is 6.90. The second-order valence-electron chi connectivity index (χ2n) is 6.90. The van der Waals surface area contributed by atoms with Gasteiger partial charge in [-0.05, 0) is 45.2 Å². The highest BCUT2D eigenvalue weighted by atomic mass is 19.1. The predicted molar refractivity (Wildman–Crippen MR) is 102 cm³/mol. The molecule has 3 heterocycles. The molecule has 0 radical (unpaired) electrons. The van der Waals surface area contributed by atoms with Gasteiger partial charge >= 0.3 is 0 Å². The molecule has 4 rings (SSSR count). The quantitative estimate of drug-likeness (QED) is 0.662. The molecule has 1 fully saturated rings. The summed E-state index contributed by atoms with van der Waals surface area (Å²) >= 11 is 0. The molecular weight excluding hydrogens is 361 g/mol. The van der Waals surface area contributed by atoms with Crippen LogP contribution in [0.1, 0.15) is 36.4 Å². The molecule has 1 aromatic carbocycles. The van der Waals surface area contributed by atoms with Crippen molar-refractivity contribution >= 4 is 5.95 Å². The highest BCUT2D eigenvalue weighted by Crippen LogP contribution is 2.24. The van der Waals surface area contributed by atoms with Crippen LogP contribution in [0.2, 0.25) is 0 Å². The van der Waals surface area contributed by atoms with E-state index in [0.29, 0.717) is 29.1 Å². The first-order valence-corrected chi connectivity index (χ1v) is 9.41. The van der Waals surface area contributed by atoms with Gasteiger partial charge in [-0.25, -0.2) is 9.37 Å². The van der Waals surface area contributed by atoms with Crippen LogP contribution in [0, 0.1) is 19.7 Å². The summed E-state index contributed by atoms with van der Waals surface area (Å²) in [6.45, 7) is 5.88. The molecule has 3 aromatic rings. The summed E-state index contributed by atoms with van der Waals surface area (Å²) in [7, 11) is 0. The van der Waals surface area contributed by atoms with Crippen molar-refractivity contribution < 1.29 is 13.7 Å². The van der Waals surface area contributed by atoms with Gasteiger partial charge < -0.3 is 14.2 Å². The lowest BCUT2D eigenvalue weighted by Gasteiger charge is -2.27. The Kier molecular flexibility index (Phi) is 5.18. The van der Waals surface area contributed by atoms with Gasteiger partial charge in [0, 0.05) is 29.9 Å². The molecule has 0 saturated carbocycles. The first-order valence-electron chi connectivity index (χ1n) is 9.41. The van der Waals surface area contributed by atoms with E-state index in [1.54, 1.807) is 12.1 Å². The van der Waals surface area contributed by atoms with Crippen molar-refractivity contribution in [2.75, 3.05) is 18.0 Å². The molecule has 28 heavy (non-hydrogen) atoms. The summed E-state index contributed by atoms with van der Waals surface area (Å²) in [5, 5.41) is 3.90. The standard InChI is InChI=1S/C20H22FN5O2/c1-13-14(2)22-20(26-9-4-3-5-10-26)24-19(13)27-12-17-23-18(25-28-17)15-7-6-8-16(21)11-15/h6-8,11H,3-5,9-10,12H2,1-2H3. The Bertz CT molecular complexity index is 969. The van der Waals surface area contributed by atoms with Gasteiger partial charge in [0.1, 0.15) is 5.82 Å². The third-order valence-electron chi connectivity index (χ3n) is 4.85. The molecule has 0 spiro atoms. The van der Waals surface area contributed by atoms with Gasteiger partial charge in [-0.15, -0.1) is 0 Å². The number of aromatic nitrogens is 4. The second kappa shape index (κ2) is 7.92. The van der Waals surface area contributed by atoms with Gasteiger partial charge in [-0.3, -0.25) is 0 Å². The van der Waals surface area contributed by atoms with Crippen molar-refractivity contribution in [2.24, 2.45) is 0 Å². The Morgan fingerprint density at radius 3 is 2.71 bits per heavy atom. The minimum atomic E-state index is -0.350. The summed E-state index contributed by atoms with van der Waals surface area (Å²) in [6, 6.07) is 6.06. The largest absolute Gasteiger partial charge is 0.467 e. The molecule has 2 aromatic heterocycles. The molecule has 7 nitrogen and oxygen atoms in total. The van der Waals surface area contributed by atoms with Gasteiger partial charge in [-0.1, -0.05) is 17.3 Å². The maximum Gasteiger partial charge on any atom is 0.264 e. The highest BCUT2D eigenvalue weighted by molar-refractivity contribution is 5.53. The maximum absolute atomic E-state index is 13.4. The van der Waals surface area contributed by atoms with Crippen LogP contribution in [0.4, 0.5) is 10.3 Å². The highest BCUT2D eigenvalue weighted by Gasteiger charge is 2.18. The minimum absolute atomic E-state index is 0.0824. The van der Waals surface area contributed by atoms with Crippen molar-refractivity contribution in [3.8, 4) is 17.3 Å².